The number of aryl methyl sites for hydroxylation is 1. The second-order valence-electron chi connectivity index (χ2n) is 9.79. The molecule has 1 atom stereocenters. The Labute approximate surface area is 231 Å². The SMILES string of the molecule is C=CCNC(=O)C(Cc1ccccc1)N(Cc1ccccc1)C(=O)CCc1ccc(S(=O)(=O)NC2CC2)cc1. The second-order valence-corrected chi connectivity index (χ2v) is 11.5. The van der Waals surface area contributed by atoms with Crippen molar-refractivity contribution in [3.63, 3.8) is 0 Å². The van der Waals surface area contributed by atoms with E-state index < -0.39 is 16.1 Å². The van der Waals surface area contributed by atoms with E-state index in [9.17, 15) is 18.0 Å². The highest BCUT2D eigenvalue weighted by molar-refractivity contribution is 7.89. The number of nitrogens with zero attached hydrogens (tertiary/aromatic N) is 1. The van der Waals surface area contributed by atoms with Gasteiger partial charge >= 0.3 is 0 Å². The third-order valence-electron chi connectivity index (χ3n) is 6.65. The first-order valence-electron chi connectivity index (χ1n) is 13.2. The molecule has 0 heterocycles. The monoisotopic (exact) mass is 545 g/mol. The zero-order valence-electron chi connectivity index (χ0n) is 22.0. The van der Waals surface area contributed by atoms with Crippen LogP contribution in [-0.4, -0.2) is 43.8 Å². The number of rotatable bonds is 14. The smallest absolute Gasteiger partial charge is 0.243 e. The normalized spacial score (nSPS) is 13.8. The second kappa shape index (κ2) is 13.4. The van der Waals surface area contributed by atoms with Crippen molar-refractivity contribution in [2.24, 2.45) is 0 Å². The molecular weight excluding hydrogens is 510 g/mol. The number of amides is 2. The molecule has 0 aliphatic heterocycles. The highest BCUT2D eigenvalue weighted by atomic mass is 32.2. The molecule has 2 amide bonds. The van der Waals surface area contributed by atoms with E-state index in [2.05, 4.69) is 16.6 Å². The van der Waals surface area contributed by atoms with Gasteiger partial charge in [-0.05, 0) is 48.1 Å². The van der Waals surface area contributed by atoms with Crippen LogP contribution in [-0.2, 0) is 39.0 Å². The van der Waals surface area contributed by atoms with Crippen molar-refractivity contribution in [3.8, 4) is 0 Å². The molecule has 0 bridgehead atoms. The zero-order chi connectivity index (χ0) is 27.7. The molecule has 39 heavy (non-hydrogen) atoms. The van der Waals surface area contributed by atoms with Crippen LogP contribution >= 0.6 is 0 Å². The average molecular weight is 546 g/mol. The molecule has 4 rings (SSSR count). The van der Waals surface area contributed by atoms with Crippen molar-refractivity contribution in [3.05, 3.63) is 114 Å². The minimum Gasteiger partial charge on any atom is -0.351 e. The maximum atomic E-state index is 13.7. The van der Waals surface area contributed by atoms with E-state index in [0.29, 0.717) is 25.9 Å². The summed E-state index contributed by atoms with van der Waals surface area (Å²) in [6.45, 7) is 4.29. The van der Waals surface area contributed by atoms with Gasteiger partial charge in [0.05, 0.1) is 4.90 Å². The quantitative estimate of drug-likeness (QED) is 0.299. The molecule has 0 saturated heterocycles. The van der Waals surface area contributed by atoms with Crippen molar-refractivity contribution in [1.29, 1.82) is 0 Å². The Morgan fingerprint density at radius 3 is 2.10 bits per heavy atom. The molecule has 0 radical (unpaired) electrons. The lowest BCUT2D eigenvalue weighted by molar-refractivity contribution is -0.141. The van der Waals surface area contributed by atoms with Crippen molar-refractivity contribution in [2.45, 2.75) is 55.6 Å². The van der Waals surface area contributed by atoms with E-state index >= 15 is 0 Å². The van der Waals surface area contributed by atoms with Gasteiger partial charge in [0.25, 0.3) is 0 Å². The van der Waals surface area contributed by atoms with Crippen LogP contribution in [0.2, 0.25) is 0 Å². The molecule has 204 valence electrons. The molecule has 8 heteroatoms. The molecule has 0 spiro atoms. The average Bonchev–Trinajstić information content (AvgIpc) is 3.77. The van der Waals surface area contributed by atoms with Crippen molar-refractivity contribution in [1.82, 2.24) is 14.9 Å². The minimum absolute atomic E-state index is 0.0374. The summed E-state index contributed by atoms with van der Waals surface area (Å²) in [5.41, 5.74) is 2.74. The largest absolute Gasteiger partial charge is 0.351 e. The molecule has 1 unspecified atom stereocenters. The first-order valence-corrected chi connectivity index (χ1v) is 14.7. The maximum Gasteiger partial charge on any atom is 0.243 e. The molecule has 3 aromatic carbocycles. The third kappa shape index (κ3) is 8.37. The first-order chi connectivity index (χ1) is 18.9. The Morgan fingerprint density at radius 1 is 0.897 bits per heavy atom. The van der Waals surface area contributed by atoms with E-state index in [1.807, 2.05) is 60.7 Å². The summed E-state index contributed by atoms with van der Waals surface area (Å²) in [4.78, 5) is 28.9. The van der Waals surface area contributed by atoms with Crippen molar-refractivity contribution >= 4 is 21.8 Å². The van der Waals surface area contributed by atoms with Gasteiger partial charge in [0.1, 0.15) is 6.04 Å². The maximum absolute atomic E-state index is 13.7. The van der Waals surface area contributed by atoms with Gasteiger partial charge in [0, 0.05) is 32.0 Å². The number of carbonyl (C=O) groups is 2. The number of hydrogen-bond donors (Lipinski definition) is 2. The van der Waals surface area contributed by atoms with Crippen molar-refractivity contribution in [2.75, 3.05) is 6.54 Å². The number of hydrogen-bond acceptors (Lipinski definition) is 4. The molecule has 1 aliphatic rings. The summed E-state index contributed by atoms with van der Waals surface area (Å²) in [6, 6.07) is 25.2. The summed E-state index contributed by atoms with van der Waals surface area (Å²) in [5, 5.41) is 2.87. The molecule has 0 aromatic heterocycles. The fourth-order valence-electron chi connectivity index (χ4n) is 4.34. The standard InChI is InChI=1S/C31H35N3O4S/c1-2-21-32-31(36)29(22-25-9-5-3-6-10-25)34(23-26-11-7-4-8-12-26)30(35)20-15-24-13-18-28(19-14-24)39(37,38)33-27-16-17-27/h2-14,18-19,27,29,33H,1,15-17,20-23H2,(H,32,36). The van der Waals surface area contributed by atoms with Crippen LogP contribution in [0.25, 0.3) is 0 Å². The molecule has 1 saturated carbocycles. The van der Waals surface area contributed by atoms with Gasteiger partial charge in [-0.2, -0.15) is 0 Å². The van der Waals surface area contributed by atoms with Crippen LogP contribution in [0, 0.1) is 0 Å². The summed E-state index contributed by atoms with van der Waals surface area (Å²) >= 11 is 0. The Balaban J connectivity index is 1.52. The zero-order valence-corrected chi connectivity index (χ0v) is 22.8. The summed E-state index contributed by atoms with van der Waals surface area (Å²) in [7, 11) is -3.53. The number of benzene rings is 3. The summed E-state index contributed by atoms with van der Waals surface area (Å²) in [6.07, 6.45) is 4.34. The lowest BCUT2D eigenvalue weighted by atomic mass is 10.0. The van der Waals surface area contributed by atoms with Gasteiger partial charge in [0.2, 0.25) is 21.8 Å². The third-order valence-corrected chi connectivity index (χ3v) is 8.18. The van der Waals surface area contributed by atoms with Crippen LogP contribution in [0.4, 0.5) is 0 Å². The Hall–Kier alpha value is -3.75. The number of sulfonamides is 1. The van der Waals surface area contributed by atoms with E-state index in [1.54, 1.807) is 35.2 Å². The minimum atomic E-state index is -3.53. The predicted octanol–water partition coefficient (Wildman–Crippen LogP) is 4.00. The van der Waals surface area contributed by atoms with E-state index in [1.165, 1.54) is 0 Å². The Bertz CT molecular complexity index is 1360. The van der Waals surface area contributed by atoms with Crippen LogP contribution in [0.15, 0.2) is 102 Å². The fraction of sp³-hybridized carbons (Fsp3) is 0.290. The fourth-order valence-corrected chi connectivity index (χ4v) is 5.65. The molecular formula is C31H35N3O4S. The molecule has 3 aromatic rings. The van der Waals surface area contributed by atoms with E-state index in [-0.39, 0.29) is 29.2 Å². The highest BCUT2D eigenvalue weighted by Crippen LogP contribution is 2.23. The lowest BCUT2D eigenvalue weighted by Gasteiger charge is -2.31. The van der Waals surface area contributed by atoms with Crippen LogP contribution < -0.4 is 10.0 Å². The van der Waals surface area contributed by atoms with Crippen LogP contribution in [0.3, 0.4) is 0 Å². The molecule has 7 nitrogen and oxygen atoms in total. The van der Waals surface area contributed by atoms with E-state index in [4.69, 9.17) is 0 Å². The van der Waals surface area contributed by atoms with Gasteiger partial charge in [0.15, 0.2) is 0 Å². The predicted molar refractivity (Wildman–Crippen MR) is 152 cm³/mol. The van der Waals surface area contributed by atoms with E-state index in [0.717, 1.165) is 29.5 Å². The topological polar surface area (TPSA) is 95.6 Å². The van der Waals surface area contributed by atoms with Gasteiger partial charge in [-0.25, -0.2) is 13.1 Å². The molecule has 1 aliphatic carbocycles. The Morgan fingerprint density at radius 2 is 1.51 bits per heavy atom. The van der Waals surface area contributed by atoms with Crippen LogP contribution in [0.1, 0.15) is 36.0 Å². The van der Waals surface area contributed by atoms with Gasteiger partial charge in [-0.1, -0.05) is 78.9 Å². The molecule has 2 N–H and O–H groups in total. The number of nitrogens with one attached hydrogen (secondary N) is 2. The first kappa shape index (κ1) is 28.3. The molecule has 1 fully saturated rings. The van der Waals surface area contributed by atoms with Gasteiger partial charge in [-0.15, -0.1) is 6.58 Å². The van der Waals surface area contributed by atoms with Gasteiger partial charge < -0.3 is 10.2 Å². The van der Waals surface area contributed by atoms with Gasteiger partial charge in [-0.3, -0.25) is 9.59 Å². The lowest BCUT2D eigenvalue weighted by Crippen LogP contribution is -2.50. The highest BCUT2D eigenvalue weighted by Gasteiger charge is 2.30. The number of carbonyl (C=O) groups excluding carboxylic acids is 2. The van der Waals surface area contributed by atoms with Crippen LogP contribution in [0.5, 0.6) is 0 Å². The summed E-state index contributed by atoms with van der Waals surface area (Å²) < 4.78 is 27.6. The summed E-state index contributed by atoms with van der Waals surface area (Å²) in [5.74, 6) is -0.388. The van der Waals surface area contributed by atoms with Crippen molar-refractivity contribution < 1.29 is 18.0 Å². The Kier molecular flexibility index (Phi) is 9.68.